The van der Waals surface area contributed by atoms with Gasteiger partial charge in [0.25, 0.3) is 0 Å². The van der Waals surface area contributed by atoms with Crippen molar-refractivity contribution in [2.75, 3.05) is 13.2 Å². The molecule has 0 aromatic heterocycles. The van der Waals surface area contributed by atoms with Crippen molar-refractivity contribution in [3.63, 3.8) is 0 Å². The number of phosphoric acid groups is 1. The molecule has 3 unspecified atom stereocenters. The van der Waals surface area contributed by atoms with Gasteiger partial charge in [-0.1, -0.05) is 163 Å². The lowest BCUT2D eigenvalue weighted by molar-refractivity contribution is -0.220. The highest BCUT2D eigenvalue weighted by Gasteiger charge is 2.51. The van der Waals surface area contributed by atoms with Crippen molar-refractivity contribution in [2.45, 2.75) is 216 Å². The summed E-state index contributed by atoms with van der Waals surface area (Å²) < 4.78 is 33.3. The molecule has 0 aromatic carbocycles. The molecule has 9 N–H and O–H groups in total. The number of ether oxygens (including phenoxy) is 2. The Kier molecular flexibility index (Phi) is 37.5. The van der Waals surface area contributed by atoms with Crippen molar-refractivity contribution in [3.05, 3.63) is 85.1 Å². The number of aliphatic hydroxyl groups excluding tert-OH is 8. The first kappa shape index (κ1) is 63.9. The van der Waals surface area contributed by atoms with Crippen LogP contribution >= 0.6 is 7.82 Å². The van der Waals surface area contributed by atoms with Crippen LogP contribution in [0.4, 0.5) is 0 Å². The Balaban J connectivity index is 2.58. The van der Waals surface area contributed by atoms with E-state index in [0.717, 1.165) is 77.0 Å². The zero-order chi connectivity index (χ0) is 51.1. The van der Waals surface area contributed by atoms with E-state index >= 15 is 0 Å². The minimum Gasteiger partial charge on any atom is -0.462 e. The van der Waals surface area contributed by atoms with E-state index in [0.29, 0.717) is 12.8 Å². The Morgan fingerprint density at radius 2 is 1.04 bits per heavy atom. The van der Waals surface area contributed by atoms with Crippen LogP contribution in [0.3, 0.4) is 0 Å². The summed E-state index contributed by atoms with van der Waals surface area (Å²) in [5, 5.41) is 80.9. The third-order valence-corrected chi connectivity index (χ3v) is 12.3. The van der Waals surface area contributed by atoms with Crippen LogP contribution in [0, 0.1) is 0 Å². The molecular weight excluding hydrogens is 912 g/mol. The number of esters is 2. The van der Waals surface area contributed by atoms with Crippen molar-refractivity contribution >= 4 is 19.8 Å². The van der Waals surface area contributed by atoms with Gasteiger partial charge in [-0.15, -0.1) is 0 Å². The first-order valence-electron chi connectivity index (χ1n) is 25.2. The van der Waals surface area contributed by atoms with Crippen LogP contribution in [0.15, 0.2) is 85.1 Å². The second kappa shape index (κ2) is 40.5. The maximum atomic E-state index is 12.9. The van der Waals surface area contributed by atoms with Gasteiger partial charge in [0, 0.05) is 12.8 Å². The molecule has 0 aliphatic heterocycles. The molecule has 0 amide bonds. The molecular formula is C52H87O16P. The Morgan fingerprint density at radius 1 is 0.551 bits per heavy atom. The third kappa shape index (κ3) is 32.5. The molecule has 0 spiro atoms. The second-order valence-corrected chi connectivity index (χ2v) is 18.9. The third-order valence-electron chi connectivity index (χ3n) is 11.3. The molecule has 11 atom stereocenters. The number of aliphatic hydroxyl groups is 8. The summed E-state index contributed by atoms with van der Waals surface area (Å²) in [6.07, 6.45) is 28.2. The molecule has 0 aromatic rings. The smallest absolute Gasteiger partial charge is 0.462 e. The molecule has 1 fully saturated rings. The number of rotatable bonds is 40. The summed E-state index contributed by atoms with van der Waals surface area (Å²) in [6, 6.07) is 0. The van der Waals surface area contributed by atoms with Gasteiger partial charge in [0.05, 0.1) is 24.9 Å². The Hall–Kier alpha value is -3.09. The van der Waals surface area contributed by atoms with E-state index < -0.39 is 94.0 Å². The molecule has 0 bridgehead atoms. The molecule has 1 saturated carbocycles. The summed E-state index contributed by atoms with van der Waals surface area (Å²) >= 11 is 0. The highest BCUT2D eigenvalue weighted by atomic mass is 31.2. The van der Waals surface area contributed by atoms with Crippen LogP contribution in [0.5, 0.6) is 0 Å². The number of allylic oxidation sites excluding steroid dienone is 12. The zero-order valence-corrected chi connectivity index (χ0v) is 42.1. The first-order valence-corrected chi connectivity index (χ1v) is 26.7. The first-order chi connectivity index (χ1) is 33.1. The quantitative estimate of drug-likeness (QED) is 0.00954. The van der Waals surface area contributed by atoms with Crippen molar-refractivity contribution < 1.29 is 78.4 Å². The van der Waals surface area contributed by atoms with Crippen molar-refractivity contribution in [1.29, 1.82) is 0 Å². The molecule has 396 valence electrons. The van der Waals surface area contributed by atoms with Gasteiger partial charge in [0.2, 0.25) is 0 Å². The van der Waals surface area contributed by atoms with Crippen molar-refractivity contribution in [3.8, 4) is 0 Å². The molecule has 69 heavy (non-hydrogen) atoms. The fourth-order valence-corrected chi connectivity index (χ4v) is 8.06. The SMILES string of the molecule is CCCCCC/C=C\C/C=C\C/C=C\CCCCCCCCC(=O)OC[C@H](COP(=O)(O)OC1[C@H](O)[C@H](O)C(O)[C@H](O)[C@H]1O)OC(=O)CCC[C@H](O)[C@@H](O)/C=C/C=C/C=C\C=C\[C@@H](O)CCCCC. The normalized spacial score (nSPS) is 23.0. The Labute approximate surface area is 411 Å². The number of carbonyl (C=O) groups is 2. The number of carbonyl (C=O) groups excluding carboxylic acids is 2. The maximum absolute atomic E-state index is 12.9. The average Bonchev–Trinajstić information content (AvgIpc) is 3.32. The van der Waals surface area contributed by atoms with E-state index in [1.54, 1.807) is 42.5 Å². The van der Waals surface area contributed by atoms with E-state index in [2.05, 4.69) is 50.3 Å². The van der Waals surface area contributed by atoms with Crippen LogP contribution in [-0.4, -0.2) is 132 Å². The molecule has 16 nitrogen and oxygen atoms in total. The predicted molar refractivity (Wildman–Crippen MR) is 266 cm³/mol. The van der Waals surface area contributed by atoms with Crippen LogP contribution in [-0.2, 0) is 32.7 Å². The van der Waals surface area contributed by atoms with Crippen molar-refractivity contribution in [1.82, 2.24) is 0 Å². The van der Waals surface area contributed by atoms with Gasteiger partial charge >= 0.3 is 19.8 Å². The van der Waals surface area contributed by atoms with Gasteiger partial charge in [-0.25, -0.2) is 4.57 Å². The lowest BCUT2D eigenvalue weighted by atomic mass is 9.85. The lowest BCUT2D eigenvalue weighted by Gasteiger charge is -2.41. The lowest BCUT2D eigenvalue weighted by Crippen LogP contribution is -2.64. The minimum atomic E-state index is -5.23. The molecule has 0 saturated heterocycles. The minimum absolute atomic E-state index is 0.00344. The number of hydrogen-bond acceptors (Lipinski definition) is 15. The monoisotopic (exact) mass is 999 g/mol. The zero-order valence-electron chi connectivity index (χ0n) is 41.2. The predicted octanol–water partition coefficient (Wildman–Crippen LogP) is 7.36. The van der Waals surface area contributed by atoms with Crippen LogP contribution in [0.25, 0.3) is 0 Å². The molecule has 1 aliphatic rings. The summed E-state index contributed by atoms with van der Waals surface area (Å²) in [7, 11) is -5.23. The molecule has 0 radical (unpaired) electrons. The van der Waals surface area contributed by atoms with Gasteiger partial charge in [-0.05, 0) is 64.2 Å². The Morgan fingerprint density at radius 3 is 1.65 bits per heavy atom. The van der Waals surface area contributed by atoms with E-state index in [-0.39, 0.29) is 25.7 Å². The summed E-state index contributed by atoms with van der Waals surface area (Å²) in [5.41, 5.74) is 0. The topological polar surface area (TPSA) is 270 Å². The van der Waals surface area contributed by atoms with Crippen LogP contribution < -0.4 is 0 Å². The highest BCUT2D eigenvalue weighted by Crippen LogP contribution is 2.47. The van der Waals surface area contributed by atoms with Gasteiger partial charge in [-0.2, -0.15) is 0 Å². The molecule has 1 aliphatic carbocycles. The number of phosphoric ester groups is 1. The highest BCUT2D eigenvalue weighted by molar-refractivity contribution is 7.47. The summed E-state index contributed by atoms with van der Waals surface area (Å²) in [6.45, 7) is 2.88. The van der Waals surface area contributed by atoms with Crippen LogP contribution in [0.2, 0.25) is 0 Å². The van der Waals surface area contributed by atoms with E-state index in [4.69, 9.17) is 18.5 Å². The Bertz CT molecular complexity index is 1580. The van der Waals surface area contributed by atoms with Gasteiger partial charge in [-0.3, -0.25) is 18.6 Å². The van der Waals surface area contributed by atoms with Gasteiger partial charge in [0.1, 0.15) is 43.2 Å². The van der Waals surface area contributed by atoms with Gasteiger partial charge in [0.15, 0.2) is 6.10 Å². The molecule has 1 rings (SSSR count). The summed E-state index contributed by atoms with van der Waals surface area (Å²) in [4.78, 5) is 35.9. The average molecular weight is 999 g/mol. The largest absolute Gasteiger partial charge is 0.472 e. The van der Waals surface area contributed by atoms with E-state index in [9.17, 15) is 59.9 Å². The van der Waals surface area contributed by atoms with Gasteiger partial charge < -0.3 is 55.2 Å². The standard InChI is InChI=1S/C52H87O16P/c1-3-5-7-8-9-10-11-12-13-14-15-16-17-18-19-20-21-22-27-31-37-45(56)65-39-42(40-66-69(63,64)68-52-50(61)48(59)47(58)49(60)51(52)62)67-46(57)38-32-36-44(55)43(54)35-30-26-24-23-25-29-34-41(53)33-28-6-4-2/h10-11,13-14,16-17,23-26,29-30,34-35,41-44,47-55,58-62H,3-9,12,15,18-22,27-28,31-33,36-40H2,1-2H3,(H,63,64)/b11-10-,14-13-,17-16-,25-23-,26-24+,34-29+,35-30+/t41-,42+,43-,44-,47?,48-,49+,50+,51+,52?/m0/s1. The van der Waals surface area contributed by atoms with Crippen LogP contribution in [0.1, 0.15) is 155 Å². The van der Waals surface area contributed by atoms with Crippen molar-refractivity contribution in [2.24, 2.45) is 0 Å². The number of unbranched alkanes of at least 4 members (excludes halogenated alkanes) is 12. The molecule has 17 heteroatoms. The summed E-state index contributed by atoms with van der Waals surface area (Å²) in [5.74, 6) is -1.45. The molecule has 0 heterocycles. The fraction of sp³-hybridized carbons (Fsp3) is 0.692. The fourth-order valence-electron chi connectivity index (χ4n) is 7.09. The van der Waals surface area contributed by atoms with E-state index in [1.165, 1.54) is 31.8 Å². The number of hydrogen-bond donors (Lipinski definition) is 9. The van der Waals surface area contributed by atoms with E-state index in [1.807, 2.05) is 0 Å². The maximum Gasteiger partial charge on any atom is 0.472 e. The second-order valence-electron chi connectivity index (χ2n) is 17.5.